The summed E-state index contributed by atoms with van der Waals surface area (Å²) in [5, 5.41) is 3.09. The first kappa shape index (κ1) is 26.7. The second-order valence-electron chi connectivity index (χ2n) is 9.92. The summed E-state index contributed by atoms with van der Waals surface area (Å²) >= 11 is 0. The highest BCUT2D eigenvalue weighted by atomic mass is 19.1. The second kappa shape index (κ2) is 11.0. The molecule has 0 radical (unpaired) electrons. The number of carbonyl (C=O) groups excluding carboxylic acids is 1. The first-order chi connectivity index (χ1) is 18.0. The van der Waals surface area contributed by atoms with E-state index in [1.807, 2.05) is 19.1 Å². The van der Waals surface area contributed by atoms with Crippen molar-refractivity contribution in [2.24, 2.45) is 0 Å². The van der Waals surface area contributed by atoms with Crippen molar-refractivity contribution in [1.29, 1.82) is 0 Å². The Kier molecular flexibility index (Phi) is 7.71. The van der Waals surface area contributed by atoms with Crippen LogP contribution in [0.25, 0.3) is 22.4 Å². The molecule has 1 N–H and O–H groups in total. The topological polar surface area (TPSA) is 73.2 Å². The maximum absolute atomic E-state index is 14.6. The van der Waals surface area contributed by atoms with Gasteiger partial charge in [0.2, 0.25) is 0 Å². The van der Waals surface area contributed by atoms with E-state index >= 15 is 0 Å². The standard InChI is InChI=1S/C30H29F2N3O3/c1-19(20-13-15-21(16-14-20)22-9-5-7-11-24(22)31)34-28-29(37)35(18-27(36)38-30(2,3)4)26(17-33-28)23-10-6-8-12-25(23)32/h5-17,19H,18H2,1-4H3,(H,33,34)/t19-/m1/s1. The van der Waals surface area contributed by atoms with Crippen molar-refractivity contribution in [1.82, 2.24) is 9.55 Å². The lowest BCUT2D eigenvalue weighted by Gasteiger charge is -2.21. The van der Waals surface area contributed by atoms with Gasteiger partial charge >= 0.3 is 5.97 Å². The Balaban J connectivity index is 1.65. The molecule has 0 saturated carbocycles. The number of nitrogens with one attached hydrogen (secondary N) is 1. The molecule has 0 aliphatic heterocycles. The van der Waals surface area contributed by atoms with E-state index in [0.717, 1.165) is 15.7 Å². The van der Waals surface area contributed by atoms with Crippen molar-refractivity contribution < 1.29 is 18.3 Å². The number of nitrogens with zero attached hydrogens (tertiary/aromatic N) is 2. The summed E-state index contributed by atoms with van der Waals surface area (Å²) in [6.45, 7) is 6.61. The van der Waals surface area contributed by atoms with Crippen LogP contribution in [0.3, 0.4) is 0 Å². The van der Waals surface area contributed by atoms with E-state index in [1.165, 1.54) is 30.5 Å². The Morgan fingerprint density at radius 3 is 2.11 bits per heavy atom. The van der Waals surface area contributed by atoms with E-state index in [-0.39, 0.29) is 28.9 Å². The smallest absolute Gasteiger partial charge is 0.326 e. The van der Waals surface area contributed by atoms with Crippen LogP contribution in [0.15, 0.2) is 83.8 Å². The summed E-state index contributed by atoms with van der Waals surface area (Å²) in [7, 11) is 0. The molecule has 0 fully saturated rings. The lowest BCUT2D eigenvalue weighted by molar-refractivity contribution is -0.155. The van der Waals surface area contributed by atoms with Gasteiger partial charge in [-0.05, 0) is 57.0 Å². The van der Waals surface area contributed by atoms with Crippen LogP contribution in [0.4, 0.5) is 14.6 Å². The number of anilines is 1. The van der Waals surface area contributed by atoms with E-state index in [4.69, 9.17) is 4.74 Å². The molecular weight excluding hydrogens is 488 g/mol. The molecule has 0 unspecified atom stereocenters. The molecule has 1 heterocycles. The summed E-state index contributed by atoms with van der Waals surface area (Å²) in [5.41, 5.74) is 1.02. The van der Waals surface area contributed by atoms with Crippen molar-refractivity contribution in [3.63, 3.8) is 0 Å². The molecule has 0 saturated heterocycles. The lowest BCUT2D eigenvalue weighted by atomic mass is 10.0. The normalized spacial score (nSPS) is 12.2. The van der Waals surface area contributed by atoms with E-state index in [0.29, 0.717) is 5.56 Å². The molecule has 1 aromatic heterocycles. The minimum Gasteiger partial charge on any atom is -0.459 e. The summed E-state index contributed by atoms with van der Waals surface area (Å²) < 4.78 is 35.3. The van der Waals surface area contributed by atoms with Crippen LogP contribution in [0.1, 0.15) is 39.3 Å². The highest BCUT2D eigenvalue weighted by molar-refractivity contribution is 5.72. The van der Waals surface area contributed by atoms with Crippen molar-refractivity contribution in [2.45, 2.75) is 45.9 Å². The van der Waals surface area contributed by atoms with Gasteiger partial charge in [0, 0.05) is 11.1 Å². The van der Waals surface area contributed by atoms with Crippen LogP contribution in [-0.2, 0) is 16.1 Å². The number of hydrogen-bond donors (Lipinski definition) is 1. The molecular formula is C30H29F2N3O3. The van der Waals surface area contributed by atoms with E-state index < -0.39 is 29.5 Å². The zero-order valence-electron chi connectivity index (χ0n) is 21.7. The summed E-state index contributed by atoms with van der Waals surface area (Å²) in [4.78, 5) is 30.4. The van der Waals surface area contributed by atoms with Crippen LogP contribution in [-0.4, -0.2) is 21.1 Å². The molecule has 8 heteroatoms. The highest BCUT2D eigenvalue weighted by Gasteiger charge is 2.22. The van der Waals surface area contributed by atoms with Crippen LogP contribution < -0.4 is 10.9 Å². The number of hydrogen-bond acceptors (Lipinski definition) is 5. The van der Waals surface area contributed by atoms with Gasteiger partial charge in [0.05, 0.1) is 17.9 Å². The maximum atomic E-state index is 14.6. The Bertz CT molecular complexity index is 1510. The van der Waals surface area contributed by atoms with Gasteiger partial charge in [0.15, 0.2) is 5.82 Å². The molecule has 0 spiro atoms. The van der Waals surface area contributed by atoms with Crippen LogP contribution in [0.5, 0.6) is 0 Å². The van der Waals surface area contributed by atoms with Crippen LogP contribution in [0, 0.1) is 11.6 Å². The van der Waals surface area contributed by atoms with Gasteiger partial charge in [-0.2, -0.15) is 0 Å². The number of aromatic nitrogens is 2. The fourth-order valence-corrected chi connectivity index (χ4v) is 4.07. The molecule has 38 heavy (non-hydrogen) atoms. The van der Waals surface area contributed by atoms with Gasteiger partial charge in [0.1, 0.15) is 23.8 Å². The summed E-state index contributed by atoms with van der Waals surface area (Å²) in [5.74, 6) is -1.49. The predicted octanol–water partition coefficient (Wildman–Crippen LogP) is 6.37. The number of ether oxygens (including phenoxy) is 1. The van der Waals surface area contributed by atoms with Crippen molar-refractivity contribution in [3.05, 3.63) is 107 Å². The van der Waals surface area contributed by atoms with E-state index in [2.05, 4.69) is 10.3 Å². The molecule has 196 valence electrons. The van der Waals surface area contributed by atoms with Crippen molar-refractivity contribution >= 4 is 11.8 Å². The molecule has 0 amide bonds. The number of carbonyl (C=O) groups is 1. The molecule has 4 rings (SSSR count). The molecule has 4 aromatic rings. The van der Waals surface area contributed by atoms with E-state index in [1.54, 1.807) is 57.2 Å². The van der Waals surface area contributed by atoms with Crippen molar-refractivity contribution in [3.8, 4) is 22.4 Å². The first-order valence-corrected chi connectivity index (χ1v) is 12.2. The van der Waals surface area contributed by atoms with Gasteiger partial charge in [-0.3, -0.25) is 14.2 Å². The lowest BCUT2D eigenvalue weighted by Crippen LogP contribution is -2.33. The number of halogens is 2. The zero-order chi connectivity index (χ0) is 27.4. The quantitative estimate of drug-likeness (QED) is 0.289. The van der Waals surface area contributed by atoms with Gasteiger partial charge in [0.25, 0.3) is 5.56 Å². The molecule has 0 aliphatic carbocycles. The van der Waals surface area contributed by atoms with Gasteiger partial charge in [-0.15, -0.1) is 0 Å². The Labute approximate surface area is 219 Å². The van der Waals surface area contributed by atoms with Crippen molar-refractivity contribution in [2.75, 3.05) is 5.32 Å². The molecule has 0 bridgehead atoms. The Hall–Kier alpha value is -4.33. The third-order valence-electron chi connectivity index (χ3n) is 5.86. The summed E-state index contributed by atoms with van der Waals surface area (Å²) in [6, 6.07) is 19.4. The average Bonchev–Trinajstić information content (AvgIpc) is 2.86. The SMILES string of the molecule is C[C@@H](Nc1ncc(-c2ccccc2F)n(CC(=O)OC(C)(C)C)c1=O)c1ccc(-c2ccccc2F)cc1. The molecule has 3 aromatic carbocycles. The van der Waals surface area contributed by atoms with Crippen LogP contribution >= 0.6 is 0 Å². The fourth-order valence-electron chi connectivity index (χ4n) is 4.07. The first-order valence-electron chi connectivity index (χ1n) is 12.2. The average molecular weight is 518 g/mol. The predicted molar refractivity (Wildman–Crippen MR) is 144 cm³/mol. The second-order valence-corrected chi connectivity index (χ2v) is 9.92. The highest BCUT2D eigenvalue weighted by Crippen LogP contribution is 2.26. The molecule has 1 atom stereocenters. The maximum Gasteiger partial charge on any atom is 0.326 e. The largest absolute Gasteiger partial charge is 0.459 e. The molecule has 0 aliphatic rings. The fraction of sp³-hybridized carbons (Fsp3) is 0.233. The summed E-state index contributed by atoms with van der Waals surface area (Å²) in [6.07, 6.45) is 1.36. The number of esters is 1. The van der Waals surface area contributed by atoms with E-state index in [9.17, 15) is 18.4 Å². The van der Waals surface area contributed by atoms with Gasteiger partial charge < -0.3 is 10.1 Å². The van der Waals surface area contributed by atoms with Gasteiger partial charge in [-0.25, -0.2) is 13.8 Å². The number of rotatable bonds is 7. The Morgan fingerprint density at radius 2 is 1.53 bits per heavy atom. The minimum absolute atomic E-state index is 0.000622. The van der Waals surface area contributed by atoms with Crippen LogP contribution in [0.2, 0.25) is 0 Å². The third-order valence-corrected chi connectivity index (χ3v) is 5.86. The minimum atomic E-state index is -0.754. The monoisotopic (exact) mass is 517 g/mol. The molecule has 6 nitrogen and oxygen atoms in total. The van der Waals surface area contributed by atoms with Gasteiger partial charge in [-0.1, -0.05) is 54.6 Å². The zero-order valence-corrected chi connectivity index (χ0v) is 21.7. The number of benzene rings is 3. The Morgan fingerprint density at radius 1 is 0.947 bits per heavy atom. The third kappa shape index (κ3) is 6.14.